The molecule has 0 spiro atoms. The summed E-state index contributed by atoms with van der Waals surface area (Å²) < 4.78 is 48.0. The van der Waals surface area contributed by atoms with Gasteiger partial charge in [-0.2, -0.15) is 13.2 Å². The minimum Gasteiger partial charge on any atom is -0.493 e. The third kappa shape index (κ3) is 4.44. The minimum atomic E-state index is -4.74. The SMILES string of the molecule is COCCCOc1ccc(C(=O)O)c(C(F)(F)F)c1. The number of rotatable bonds is 6. The molecule has 0 aliphatic carbocycles. The van der Waals surface area contributed by atoms with Crippen LogP contribution in [0.5, 0.6) is 5.75 Å². The first-order valence-corrected chi connectivity index (χ1v) is 5.42. The van der Waals surface area contributed by atoms with E-state index < -0.39 is 23.3 Å². The molecule has 0 radical (unpaired) electrons. The minimum absolute atomic E-state index is 0.0200. The van der Waals surface area contributed by atoms with Crippen LogP contribution in [0.15, 0.2) is 18.2 Å². The van der Waals surface area contributed by atoms with Gasteiger partial charge in [0, 0.05) is 20.1 Å². The van der Waals surface area contributed by atoms with Gasteiger partial charge in [-0.1, -0.05) is 0 Å². The van der Waals surface area contributed by atoms with Crippen LogP contribution in [0.3, 0.4) is 0 Å². The Bertz CT molecular complexity index is 443. The van der Waals surface area contributed by atoms with Crippen molar-refractivity contribution >= 4 is 5.97 Å². The number of aromatic carboxylic acids is 1. The molecule has 0 saturated carbocycles. The largest absolute Gasteiger partial charge is 0.493 e. The van der Waals surface area contributed by atoms with Crippen LogP contribution in [0.25, 0.3) is 0 Å². The zero-order valence-electron chi connectivity index (χ0n) is 10.2. The van der Waals surface area contributed by atoms with Gasteiger partial charge >= 0.3 is 12.1 Å². The first-order valence-electron chi connectivity index (χ1n) is 5.42. The summed E-state index contributed by atoms with van der Waals surface area (Å²) in [5.74, 6) is -1.65. The predicted octanol–water partition coefficient (Wildman–Crippen LogP) is 2.82. The Balaban J connectivity index is 2.90. The van der Waals surface area contributed by atoms with Crippen molar-refractivity contribution in [3.63, 3.8) is 0 Å². The third-order valence-electron chi connectivity index (χ3n) is 2.29. The van der Waals surface area contributed by atoms with Crippen molar-refractivity contribution < 1.29 is 32.5 Å². The highest BCUT2D eigenvalue weighted by molar-refractivity contribution is 5.89. The molecule has 0 atom stereocenters. The monoisotopic (exact) mass is 278 g/mol. The summed E-state index contributed by atoms with van der Waals surface area (Å²) in [4.78, 5) is 10.7. The lowest BCUT2D eigenvalue weighted by molar-refractivity contribution is -0.138. The van der Waals surface area contributed by atoms with E-state index in [1.165, 1.54) is 13.2 Å². The van der Waals surface area contributed by atoms with E-state index in [2.05, 4.69) is 0 Å². The van der Waals surface area contributed by atoms with E-state index in [-0.39, 0.29) is 12.4 Å². The molecule has 19 heavy (non-hydrogen) atoms. The number of carbonyl (C=O) groups is 1. The number of carboxylic acids is 1. The van der Waals surface area contributed by atoms with Crippen molar-refractivity contribution in [3.8, 4) is 5.75 Å². The quantitative estimate of drug-likeness (QED) is 0.813. The zero-order valence-corrected chi connectivity index (χ0v) is 10.2. The van der Waals surface area contributed by atoms with E-state index in [1.807, 2.05) is 0 Å². The second-order valence-corrected chi connectivity index (χ2v) is 3.71. The van der Waals surface area contributed by atoms with Crippen LogP contribution in [-0.4, -0.2) is 31.4 Å². The lowest BCUT2D eigenvalue weighted by Gasteiger charge is -2.12. The number of benzene rings is 1. The van der Waals surface area contributed by atoms with Crippen molar-refractivity contribution in [1.29, 1.82) is 0 Å². The average Bonchev–Trinajstić information content (AvgIpc) is 2.33. The van der Waals surface area contributed by atoms with Gasteiger partial charge in [0.2, 0.25) is 0 Å². The van der Waals surface area contributed by atoms with Gasteiger partial charge in [0.1, 0.15) is 5.75 Å². The Morgan fingerprint density at radius 3 is 2.53 bits per heavy atom. The smallest absolute Gasteiger partial charge is 0.417 e. The van der Waals surface area contributed by atoms with E-state index in [9.17, 15) is 18.0 Å². The molecule has 0 bridgehead atoms. The highest BCUT2D eigenvalue weighted by atomic mass is 19.4. The van der Waals surface area contributed by atoms with E-state index in [1.54, 1.807) is 0 Å². The Labute approximate surface area is 107 Å². The zero-order chi connectivity index (χ0) is 14.5. The Morgan fingerprint density at radius 1 is 1.32 bits per heavy atom. The van der Waals surface area contributed by atoms with E-state index in [4.69, 9.17) is 14.6 Å². The maximum absolute atomic E-state index is 12.7. The fourth-order valence-electron chi connectivity index (χ4n) is 1.43. The number of carboxylic acid groups (broad SMARTS) is 1. The topological polar surface area (TPSA) is 55.8 Å². The number of alkyl halides is 3. The molecule has 0 aliphatic rings. The second kappa shape index (κ2) is 6.42. The maximum Gasteiger partial charge on any atom is 0.417 e. The van der Waals surface area contributed by atoms with Gasteiger partial charge in [-0.15, -0.1) is 0 Å². The second-order valence-electron chi connectivity index (χ2n) is 3.71. The molecule has 0 saturated heterocycles. The van der Waals surface area contributed by atoms with Gasteiger partial charge < -0.3 is 14.6 Å². The van der Waals surface area contributed by atoms with Gasteiger partial charge in [-0.05, 0) is 18.2 Å². The number of halogens is 3. The molecular weight excluding hydrogens is 265 g/mol. The van der Waals surface area contributed by atoms with Crippen molar-refractivity contribution in [1.82, 2.24) is 0 Å². The van der Waals surface area contributed by atoms with Crippen LogP contribution in [0.4, 0.5) is 13.2 Å². The van der Waals surface area contributed by atoms with E-state index in [0.717, 1.165) is 6.07 Å². The molecule has 1 aromatic carbocycles. The average molecular weight is 278 g/mol. The molecule has 0 aliphatic heterocycles. The summed E-state index contributed by atoms with van der Waals surface area (Å²) in [5.41, 5.74) is -2.01. The highest BCUT2D eigenvalue weighted by Crippen LogP contribution is 2.34. The van der Waals surface area contributed by atoms with Crippen molar-refractivity contribution in [2.75, 3.05) is 20.3 Å². The van der Waals surface area contributed by atoms with Crippen molar-refractivity contribution in [2.45, 2.75) is 12.6 Å². The van der Waals surface area contributed by atoms with Gasteiger partial charge in [0.25, 0.3) is 0 Å². The first-order chi connectivity index (χ1) is 8.86. The van der Waals surface area contributed by atoms with Gasteiger partial charge in [0.15, 0.2) is 0 Å². The van der Waals surface area contributed by atoms with Crippen molar-refractivity contribution in [3.05, 3.63) is 29.3 Å². The van der Waals surface area contributed by atoms with Crippen LogP contribution in [0, 0.1) is 0 Å². The fraction of sp³-hybridized carbons (Fsp3) is 0.417. The lowest BCUT2D eigenvalue weighted by Crippen LogP contribution is -2.13. The Kier molecular flexibility index (Phi) is 5.17. The molecule has 1 N–H and O–H groups in total. The molecule has 106 valence electrons. The molecule has 0 amide bonds. The van der Waals surface area contributed by atoms with Crippen molar-refractivity contribution in [2.24, 2.45) is 0 Å². The summed E-state index contributed by atoms with van der Waals surface area (Å²) in [6.07, 6.45) is -4.21. The number of ether oxygens (including phenoxy) is 2. The summed E-state index contributed by atoms with van der Waals surface area (Å²) in [6, 6.07) is 2.78. The molecular formula is C12H13F3O4. The molecule has 0 aromatic heterocycles. The predicted molar refractivity (Wildman–Crippen MR) is 60.4 cm³/mol. The lowest BCUT2D eigenvalue weighted by atomic mass is 10.1. The molecule has 7 heteroatoms. The van der Waals surface area contributed by atoms with E-state index >= 15 is 0 Å². The van der Waals surface area contributed by atoms with Crippen LogP contribution in [0.2, 0.25) is 0 Å². The van der Waals surface area contributed by atoms with Crippen LogP contribution >= 0.6 is 0 Å². The van der Waals surface area contributed by atoms with E-state index in [0.29, 0.717) is 19.1 Å². The highest BCUT2D eigenvalue weighted by Gasteiger charge is 2.35. The fourth-order valence-corrected chi connectivity index (χ4v) is 1.43. The standard InChI is InChI=1S/C12H13F3O4/c1-18-5-2-6-19-8-3-4-9(11(16)17)10(7-8)12(13,14)15/h3-4,7H,2,5-6H2,1H3,(H,16,17). The Morgan fingerprint density at radius 2 is 2.00 bits per heavy atom. The molecule has 4 nitrogen and oxygen atoms in total. The van der Waals surface area contributed by atoms with Crippen LogP contribution in [0.1, 0.15) is 22.3 Å². The molecule has 1 rings (SSSR count). The summed E-state index contributed by atoms with van der Waals surface area (Å²) in [7, 11) is 1.50. The van der Waals surface area contributed by atoms with Crippen LogP contribution in [-0.2, 0) is 10.9 Å². The third-order valence-corrected chi connectivity index (χ3v) is 2.29. The molecule has 0 heterocycles. The normalized spacial score (nSPS) is 11.4. The maximum atomic E-state index is 12.7. The summed E-state index contributed by atoms with van der Waals surface area (Å²) >= 11 is 0. The van der Waals surface area contributed by atoms with Crippen LogP contribution < -0.4 is 4.74 Å². The van der Waals surface area contributed by atoms with Gasteiger partial charge in [0.05, 0.1) is 17.7 Å². The van der Waals surface area contributed by atoms with Gasteiger partial charge in [-0.3, -0.25) is 0 Å². The number of hydrogen-bond acceptors (Lipinski definition) is 3. The summed E-state index contributed by atoms with van der Waals surface area (Å²) in [5, 5.41) is 8.71. The molecule has 1 aromatic rings. The number of methoxy groups -OCH3 is 1. The molecule has 0 unspecified atom stereocenters. The number of hydrogen-bond donors (Lipinski definition) is 1. The van der Waals surface area contributed by atoms with Gasteiger partial charge in [-0.25, -0.2) is 4.79 Å². The molecule has 0 fully saturated rings. The Hall–Kier alpha value is -1.76. The first kappa shape index (κ1) is 15.3. The summed E-state index contributed by atoms with van der Waals surface area (Å²) in [6.45, 7) is 0.622.